The summed E-state index contributed by atoms with van der Waals surface area (Å²) in [7, 11) is 0. The molecule has 0 aliphatic rings. The molecule has 0 aromatic heterocycles. The van der Waals surface area contributed by atoms with Crippen molar-refractivity contribution < 1.29 is 0 Å². The second kappa shape index (κ2) is 12.6. The zero-order chi connectivity index (χ0) is 13.8. The van der Waals surface area contributed by atoms with Gasteiger partial charge in [0, 0.05) is 5.92 Å². The van der Waals surface area contributed by atoms with Crippen LogP contribution >= 0.6 is 0 Å². The Balaban J connectivity index is 0. The van der Waals surface area contributed by atoms with Gasteiger partial charge in [0.1, 0.15) is 0 Å². The predicted octanol–water partition coefficient (Wildman–Crippen LogP) is 6.31. The predicted molar refractivity (Wildman–Crippen MR) is 90.6 cm³/mol. The van der Waals surface area contributed by atoms with E-state index in [1.807, 2.05) is 31.2 Å². The van der Waals surface area contributed by atoms with Gasteiger partial charge >= 0.3 is 0 Å². The van der Waals surface area contributed by atoms with Crippen molar-refractivity contribution in [2.24, 2.45) is 0 Å². The number of hydrogen-bond acceptors (Lipinski definition) is 0. The lowest BCUT2D eigenvalue weighted by Gasteiger charge is -2.16. The van der Waals surface area contributed by atoms with Crippen LogP contribution in [0, 0.1) is 0 Å². The summed E-state index contributed by atoms with van der Waals surface area (Å²) in [5.74, 6) is 0.432. The second-order valence-corrected chi connectivity index (χ2v) is 3.89. The maximum absolute atomic E-state index is 3.86. The van der Waals surface area contributed by atoms with Crippen LogP contribution < -0.4 is 0 Å². The molecule has 0 bridgehead atoms. The SMILES string of the molecule is C.C=C/C=C(\C=C)C(CC)c1ccccc1.C=CC. The quantitative estimate of drug-likeness (QED) is 0.428. The maximum Gasteiger partial charge on any atom is 0.00865 e. The second-order valence-electron chi connectivity index (χ2n) is 3.89. The normalized spacial score (nSPS) is 11.2. The van der Waals surface area contributed by atoms with Crippen LogP contribution in [-0.4, -0.2) is 0 Å². The molecule has 1 aromatic carbocycles. The van der Waals surface area contributed by atoms with Crippen LogP contribution in [0.15, 0.2) is 79.9 Å². The smallest absolute Gasteiger partial charge is 0.00865 e. The number of allylic oxidation sites excluding steroid dienone is 5. The molecule has 1 unspecified atom stereocenters. The highest BCUT2D eigenvalue weighted by atomic mass is 14.1. The van der Waals surface area contributed by atoms with Gasteiger partial charge in [-0.1, -0.05) is 82.1 Å². The van der Waals surface area contributed by atoms with Crippen LogP contribution in [0.1, 0.15) is 39.2 Å². The summed E-state index contributed by atoms with van der Waals surface area (Å²) < 4.78 is 0. The van der Waals surface area contributed by atoms with E-state index < -0.39 is 0 Å². The molecule has 1 rings (SSSR count). The summed E-state index contributed by atoms with van der Waals surface area (Å²) in [6.07, 6.45) is 8.61. The Labute approximate surface area is 119 Å². The third-order valence-electron chi connectivity index (χ3n) is 2.56. The van der Waals surface area contributed by atoms with E-state index in [1.165, 1.54) is 11.1 Å². The highest BCUT2D eigenvalue weighted by Crippen LogP contribution is 2.28. The van der Waals surface area contributed by atoms with Gasteiger partial charge in [0.2, 0.25) is 0 Å². The standard InChI is InChI=1S/C15H18.C3H6.CH4/c1-4-10-13(5-2)15(6-3)14-11-8-7-9-12-14;1-3-2;/h4-5,7-12,15H,1-2,6H2,3H3;3H,1H2,2H3;1H4/b13-10+;;. The molecule has 0 saturated carbocycles. The van der Waals surface area contributed by atoms with Crippen LogP contribution in [0.3, 0.4) is 0 Å². The highest BCUT2D eigenvalue weighted by molar-refractivity contribution is 5.35. The van der Waals surface area contributed by atoms with E-state index in [9.17, 15) is 0 Å². The van der Waals surface area contributed by atoms with Crippen molar-refractivity contribution in [2.45, 2.75) is 33.6 Å². The molecule has 0 fully saturated rings. The minimum Gasteiger partial charge on any atom is -0.103 e. The molecular formula is C19H28. The fourth-order valence-corrected chi connectivity index (χ4v) is 1.81. The van der Waals surface area contributed by atoms with Crippen LogP contribution in [-0.2, 0) is 0 Å². The summed E-state index contributed by atoms with van der Waals surface area (Å²) in [4.78, 5) is 0. The summed E-state index contributed by atoms with van der Waals surface area (Å²) in [5, 5.41) is 0. The summed E-state index contributed by atoms with van der Waals surface area (Å²) in [6.45, 7) is 15.0. The number of benzene rings is 1. The topological polar surface area (TPSA) is 0 Å². The van der Waals surface area contributed by atoms with Crippen molar-refractivity contribution in [1.29, 1.82) is 0 Å². The van der Waals surface area contributed by atoms with E-state index in [4.69, 9.17) is 0 Å². The van der Waals surface area contributed by atoms with Crippen molar-refractivity contribution >= 4 is 0 Å². The molecule has 0 radical (unpaired) electrons. The van der Waals surface area contributed by atoms with Gasteiger partial charge in [0.25, 0.3) is 0 Å². The van der Waals surface area contributed by atoms with Crippen LogP contribution in [0.2, 0.25) is 0 Å². The fourth-order valence-electron chi connectivity index (χ4n) is 1.81. The van der Waals surface area contributed by atoms with Crippen molar-refractivity contribution in [2.75, 3.05) is 0 Å². The number of hydrogen-bond donors (Lipinski definition) is 0. The lowest BCUT2D eigenvalue weighted by Crippen LogP contribution is -1.99. The molecule has 19 heavy (non-hydrogen) atoms. The Bertz CT molecular complexity index is 382. The maximum atomic E-state index is 3.86. The number of rotatable bonds is 5. The molecule has 0 aliphatic heterocycles. The Morgan fingerprint density at radius 3 is 2.05 bits per heavy atom. The third-order valence-corrected chi connectivity index (χ3v) is 2.56. The van der Waals surface area contributed by atoms with E-state index in [-0.39, 0.29) is 7.43 Å². The first-order chi connectivity index (χ1) is 8.74. The zero-order valence-corrected chi connectivity index (χ0v) is 11.6. The fraction of sp³-hybridized carbons (Fsp3) is 0.263. The summed E-state index contributed by atoms with van der Waals surface area (Å²) >= 11 is 0. The molecule has 0 N–H and O–H groups in total. The minimum atomic E-state index is 0. The molecule has 104 valence electrons. The molecule has 0 heterocycles. The lowest BCUT2D eigenvalue weighted by molar-refractivity contribution is 0.777. The largest absolute Gasteiger partial charge is 0.103 e. The van der Waals surface area contributed by atoms with Crippen LogP contribution in [0.4, 0.5) is 0 Å². The van der Waals surface area contributed by atoms with E-state index in [1.54, 1.807) is 6.08 Å². The van der Waals surface area contributed by atoms with Crippen molar-refractivity contribution in [3.8, 4) is 0 Å². The Morgan fingerprint density at radius 1 is 1.16 bits per heavy atom. The Morgan fingerprint density at radius 2 is 1.68 bits per heavy atom. The van der Waals surface area contributed by atoms with Crippen molar-refractivity contribution in [3.63, 3.8) is 0 Å². The van der Waals surface area contributed by atoms with E-state index >= 15 is 0 Å². The highest BCUT2D eigenvalue weighted by Gasteiger charge is 2.10. The molecule has 0 nitrogen and oxygen atoms in total. The first kappa shape index (κ1) is 19.5. The van der Waals surface area contributed by atoms with Gasteiger partial charge < -0.3 is 0 Å². The first-order valence-electron chi connectivity index (χ1n) is 6.32. The van der Waals surface area contributed by atoms with E-state index in [0.29, 0.717) is 5.92 Å². The van der Waals surface area contributed by atoms with Crippen LogP contribution in [0.25, 0.3) is 0 Å². The zero-order valence-electron chi connectivity index (χ0n) is 11.6. The summed E-state index contributed by atoms with van der Waals surface area (Å²) in [5.41, 5.74) is 2.58. The van der Waals surface area contributed by atoms with Gasteiger partial charge in [-0.2, -0.15) is 0 Å². The monoisotopic (exact) mass is 256 g/mol. The van der Waals surface area contributed by atoms with Crippen molar-refractivity contribution in [3.05, 3.63) is 85.5 Å². The van der Waals surface area contributed by atoms with E-state index in [0.717, 1.165) is 6.42 Å². The van der Waals surface area contributed by atoms with Gasteiger partial charge in [0.15, 0.2) is 0 Å². The van der Waals surface area contributed by atoms with E-state index in [2.05, 4.69) is 50.9 Å². The molecular weight excluding hydrogens is 228 g/mol. The van der Waals surface area contributed by atoms with Gasteiger partial charge in [-0.15, -0.1) is 6.58 Å². The van der Waals surface area contributed by atoms with Gasteiger partial charge in [-0.3, -0.25) is 0 Å². The summed E-state index contributed by atoms with van der Waals surface area (Å²) in [6, 6.07) is 10.5. The first-order valence-corrected chi connectivity index (χ1v) is 6.32. The third kappa shape index (κ3) is 7.25. The van der Waals surface area contributed by atoms with Crippen molar-refractivity contribution in [1.82, 2.24) is 0 Å². The van der Waals surface area contributed by atoms with Gasteiger partial charge in [0.05, 0.1) is 0 Å². The average Bonchev–Trinajstić information content (AvgIpc) is 2.40. The average molecular weight is 256 g/mol. The molecule has 0 aliphatic carbocycles. The molecule has 1 aromatic rings. The minimum absolute atomic E-state index is 0. The molecule has 0 amide bonds. The molecule has 0 spiro atoms. The molecule has 0 saturated heterocycles. The lowest BCUT2D eigenvalue weighted by atomic mass is 9.88. The van der Waals surface area contributed by atoms with Crippen LogP contribution in [0.5, 0.6) is 0 Å². The van der Waals surface area contributed by atoms with Gasteiger partial charge in [-0.05, 0) is 24.5 Å². The van der Waals surface area contributed by atoms with Gasteiger partial charge in [-0.25, -0.2) is 0 Å². The Hall–Kier alpha value is -1.82. The Kier molecular flexibility index (Phi) is 13.0. The molecule has 1 atom stereocenters. The molecule has 0 heteroatoms.